The molecule has 1 N–H and O–H groups in total. The fraction of sp³-hybridized carbons (Fsp3) is 1.00. The second kappa shape index (κ2) is 5.50. The van der Waals surface area contributed by atoms with E-state index in [-0.39, 0.29) is 0 Å². The Morgan fingerprint density at radius 2 is 1.88 bits per heavy atom. The highest BCUT2D eigenvalue weighted by atomic mass is 15.2. The zero-order chi connectivity index (χ0) is 11.5. The summed E-state index contributed by atoms with van der Waals surface area (Å²) in [4.78, 5) is 2.80. The molecule has 0 radical (unpaired) electrons. The van der Waals surface area contributed by atoms with Crippen LogP contribution in [0.25, 0.3) is 0 Å². The van der Waals surface area contributed by atoms with E-state index in [1.54, 1.807) is 0 Å². The van der Waals surface area contributed by atoms with Gasteiger partial charge in [-0.05, 0) is 52.0 Å². The zero-order valence-corrected chi connectivity index (χ0v) is 11.2. The quantitative estimate of drug-likeness (QED) is 0.776. The van der Waals surface area contributed by atoms with Gasteiger partial charge in [-0.15, -0.1) is 0 Å². The second-order valence-electron chi connectivity index (χ2n) is 6.03. The van der Waals surface area contributed by atoms with Gasteiger partial charge in [-0.2, -0.15) is 0 Å². The van der Waals surface area contributed by atoms with Crippen molar-refractivity contribution < 1.29 is 0 Å². The summed E-state index contributed by atoms with van der Waals surface area (Å²) in [7, 11) is 2.12. The maximum Gasteiger partial charge on any atom is 0.0113 e. The van der Waals surface area contributed by atoms with Gasteiger partial charge in [0, 0.05) is 24.7 Å². The van der Waals surface area contributed by atoms with Crippen LogP contribution in [0, 0.1) is 5.92 Å². The van der Waals surface area contributed by atoms with Crippen LogP contribution in [0.1, 0.15) is 52.4 Å². The summed E-state index contributed by atoms with van der Waals surface area (Å²) in [6.07, 6.45) is 8.42. The summed E-state index contributed by atoms with van der Waals surface area (Å²) in [5.74, 6) is 0.908. The molecule has 1 heterocycles. The summed E-state index contributed by atoms with van der Waals surface area (Å²) in [6, 6.07) is 2.43. The zero-order valence-electron chi connectivity index (χ0n) is 11.2. The maximum atomic E-state index is 3.47. The van der Waals surface area contributed by atoms with Gasteiger partial charge < -0.3 is 5.32 Å². The molecule has 0 amide bonds. The molecule has 0 aromatic carbocycles. The van der Waals surface area contributed by atoms with Crippen LogP contribution in [0.3, 0.4) is 0 Å². The minimum Gasteiger partial charge on any atom is -0.317 e. The molecule has 4 unspecified atom stereocenters. The van der Waals surface area contributed by atoms with Gasteiger partial charge in [0.25, 0.3) is 0 Å². The topological polar surface area (TPSA) is 15.3 Å². The van der Waals surface area contributed by atoms with Crippen molar-refractivity contribution in [1.82, 2.24) is 10.2 Å². The van der Waals surface area contributed by atoms with Gasteiger partial charge in [-0.25, -0.2) is 0 Å². The number of hydrogen-bond donors (Lipinski definition) is 1. The third kappa shape index (κ3) is 2.78. The summed E-state index contributed by atoms with van der Waals surface area (Å²) >= 11 is 0. The Morgan fingerprint density at radius 3 is 2.62 bits per heavy atom. The van der Waals surface area contributed by atoms with E-state index in [9.17, 15) is 0 Å². The third-order valence-electron chi connectivity index (χ3n) is 4.69. The van der Waals surface area contributed by atoms with E-state index in [1.165, 1.54) is 45.1 Å². The first-order valence-corrected chi connectivity index (χ1v) is 7.13. The van der Waals surface area contributed by atoms with Gasteiger partial charge in [-0.3, -0.25) is 4.90 Å². The Bertz CT molecular complexity index is 217. The van der Waals surface area contributed by atoms with E-state index in [1.807, 2.05) is 0 Å². The minimum absolute atomic E-state index is 0.767. The molecule has 1 aliphatic carbocycles. The third-order valence-corrected chi connectivity index (χ3v) is 4.69. The average Bonchev–Trinajstić information content (AvgIpc) is 2.32. The number of rotatable bonds is 2. The molecule has 16 heavy (non-hydrogen) atoms. The predicted octanol–water partition coefficient (Wildman–Crippen LogP) is 2.64. The Kier molecular flexibility index (Phi) is 4.26. The lowest BCUT2D eigenvalue weighted by atomic mass is 9.86. The molecule has 1 saturated carbocycles. The van der Waals surface area contributed by atoms with Gasteiger partial charge in [0.15, 0.2) is 0 Å². The molecule has 2 nitrogen and oxygen atoms in total. The van der Waals surface area contributed by atoms with E-state index in [0.717, 1.165) is 24.0 Å². The highest BCUT2D eigenvalue weighted by molar-refractivity contribution is 4.88. The van der Waals surface area contributed by atoms with Crippen molar-refractivity contribution in [3.63, 3.8) is 0 Å². The lowest BCUT2D eigenvalue weighted by Gasteiger charge is -2.45. The molecule has 1 aliphatic heterocycles. The Hall–Kier alpha value is -0.0800. The van der Waals surface area contributed by atoms with E-state index in [0.29, 0.717) is 0 Å². The monoisotopic (exact) mass is 224 g/mol. The van der Waals surface area contributed by atoms with E-state index >= 15 is 0 Å². The van der Waals surface area contributed by atoms with E-state index in [2.05, 4.69) is 31.1 Å². The van der Waals surface area contributed by atoms with E-state index in [4.69, 9.17) is 0 Å². The number of nitrogens with zero attached hydrogens (tertiary/aromatic N) is 1. The first-order valence-electron chi connectivity index (χ1n) is 7.13. The Balaban J connectivity index is 1.94. The maximum absolute atomic E-state index is 3.47. The molecule has 1 saturated heterocycles. The Labute approximate surface area is 101 Å². The van der Waals surface area contributed by atoms with Crippen LogP contribution in [0.2, 0.25) is 0 Å². The fourth-order valence-electron chi connectivity index (χ4n) is 3.56. The molecule has 2 heteroatoms. The van der Waals surface area contributed by atoms with Crippen molar-refractivity contribution in [3.05, 3.63) is 0 Å². The van der Waals surface area contributed by atoms with Crippen molar-refractivity contribution in [3.8, 4) is 0 Å². The highest BCUT2D eigenvalue weighted by Crippen LogP contribution is 2.30. The number of piperidine rings is 1. The van der Waals surface area contributed by atoms with Crippen LogP contribution in [0.5, 0.6) is 0 Å². The number of likely N-dealkylation sites (tertiary alicyclic amines) is 1. The van der Waals surface area contributed by atoms with Crippen LogP contribution < -0.4 is 5.32 Å². The second-order valence-corrected chi connectivity index (χ2v) is 6.03. The molecular formula is C14H28N2. The van der Waals surface area contributed by atoms with Gasteiger partial charge in [0.2, 0.25) is 0 Å². The van der Waals surface area contributed by atoms with Crippen molar-refractivity contribution in [2.45, 2.75) is 70.5 Å². The van der Waals surface area contributed by atoms with Crippen LogP contribution >= 0.6 is 0 Å². The summed E-state index contributed by atoms with van der Waals surface area (Å²) < 4.78 is 0. The first kappa shape index (κ1) is 12.4. The van der Waals surface area contributed by atoms with Crippen LogP contribution in [0.4, 0.5) is 0 Å². The van der Waals surface area contributed by atoms with Crippen LogP contribution in [-0.4, -0.2) is 36.6 Å². The standard InChI is InChI=1S/C14H28N2/c1-11-7-8-12(2)16(10-11)14-6-4-5-13(9-14)15-3/h11-15H,4-10H2,1-3H3. The smallest absolute Gasteiger partial charge is 0.0113 e. The highest BCUT2D eigenvalue weighted by Gasteiger charge is 2.31. The molecule has 0 bridgehead atoms. The van der Waals surface area contributed by atoms with Crippen molar-refractivity contribution in [2.75, 3.05) is 13.6 Å². The first-order chi connectivity index (χ1) is 7.70. The van der Waals surface area contributed by atoms with Crippen molar-refractivity contribution in [1.29, 1.82) is 0 Å². The van der Waals surface area contributed by atoms with Gasteiger partial charge in [-0.1, -0.05) is 13.3 Å². The van der Waals surface area contributed by atoms with Gasteiger partial charge in [0.05, 0.1) is 0 Å². The van der Waals surface area contributed by atoms with Crippen molar-refractivity contribution in [2.24, 2.45) is 5.92 Å². The summed E-state index contributed by atoms with van der Waals surface area (Å²) in [5, 5.41) is 3.47. The van der Waals surface area contributed by atoms with Gasteiger partial charge >= 0.3 is 0 Å². The summed E-state index contributed by atoms with van der Waals surface area (Å²) in [6.45, 7) is 6.17. The SMILES string of the molecule is CNC1CCCC(N2CC(C)CCC2C)C1. The van der Waals surface area contributed by atoms with Crippen LogP contribution in [-0.2, 0) is 0 Å². The van der Waals surface area contributed by atoms with E-state index < -0.39 is 0 Å². The summed E-state index contributed by atoms with van der Waals surface area (Å²) in [5.41, 5.74) is 0. The predicted molar refractivity (Wildman–Crippen MR) is 69.7 cm³/mol. The number of hydrogen-bond acceptors (Lipinski definition) is 2. The minimum atomic E-state index is 0.767. The molecule has 2 fully saturated rings. The molecule has 2 rings (SSSR count). The van der Waals surface area contributed by atoms with Crippen LogP contribution in [0.15, 0.2) is 0 Å². The van der Waals surface area contributed by atoms with Crippen molar-refractivity contribution >= 4 is 0 Å². The number of nitrogens with one attached hydrogen (secondary N) is 1. The van der Waals surface area contributed by atoms with Gasteiger partial charge in [0.1, 0.15) is 0 Å². The lowest BCUT2D eigenvalue weighted by Crippen LogP contribution is -2.50. The molecule has 2 aliphatic rings. The Morgan fingerprint density at radius 1 is 1.06 bits per heavy atom. The largest absolute Gasteiger partial charge is 0.317 e. The molecule has 0 aromatic rings. The fourth-order valence-corrected chi connectivity index (χ4v) is 3.56. The average molecular weight is 224 g/mol. The molecule has 94 valence electrons. The molecule has 0 aromatic heterocycles. The lowest BCUT2D eigenvalue weighted by molar-refractivity contribution is 0.0514. The normalized spacial score (nSPS) is 42.2. The molecular weight excluding hydrogens is 196 g/mol. The molecule has 0 spiro atoms. The molecule has 4 atom stereocenters.